The van der Waals surface area contributed by atoms with Gasteiger partial charge in [-0.25, -0.2) is 9.78 Å². The van der Waals surface area contributed by atoms with Crippen molar-refractivity contribution in [3.05, 3.63) is 65.9 Å². The molecule has 9 heteroatoms. The Morgan fingerprint density at radius 1 is 1.18 bits per heavy atom. The molecule has 0 radical (unpaired) electrons. The molecule has 1 saturated heterocycles. The summed E-state index contributed by atoms with van der Waals surface area (Å²) < 4.78 is 16.5. The van der Waals surface area contributed by atoms with Gasteiger partial charge < -0.3 is 19.5 Å². The predicted molar refractivity (Wildman–Crippen MR) is 124 cm³/mol. The van der Waals surface area contributed by atoms with Gasteiger partial charge in [0, 0.05) is 23.1 Å². The van der Waals surface area contributed by atoms with Crippen molar-refractivity contribution >= 4 is 34.7 Å². The minimum Gasteiger partial charge on any atom is -0.486 e. The number of fused-ring (bicyclic) bond motifs is 2. The lowest BCUT2D eigenvalue weighted by Gasteiger charge is -2.21. The van der Waals surface area contributed by atoms with Crippen molar-refractivity contribution in [1.82, 2.24) is 10.3 Å². The highest BCUT2D eigenvalue weighted by Gasteiger charge is 2.33. The number of aromatic nitrogens is 1. The van der Waals surface area contributed by atoms with Gasteiger partial charge in [-0.05, 0) is 30.3 Å². The number of ether oxygens (including phenoxy) is 3. The summed E-state index contributed by atoms with van der Waals surface area (Å²) in [4.78, 5) is 30.6. The number of hydrogen-bond acceptors (Lipinski definition) is 7. The van der Waals surface area contributed by atoms with Crippen LogP contribution in [-0.4, -0.2) is 49.4 Å². The van der Waals surface area contributed by atoms with E-state index in [0.717, 1.165) is 10.9 Å². The molecule has 1 fully saturated rings. The second-order valence-electron chi connectivity index (χ2n) is 7.75. The van der Waals surface area contributed by atoms with Gasteiger partial charge in [-0.2, -0.15) is 5.26 Å². The summed E-state index contributed by atoms with van der Waals surface area (Å²) in [6.07, 6.45) is 2.07. The molecule has 1 atom stereocenters. The van der Waals surface area contributed by atoms with Crippen molar-refractivity contribution in [3.8, 4) is 17.6 Å². The molecule has 2 amide bonds. The van der Waals surface area contributed by atoms with Gasteiger partial charge in [0.25, 0.3) is 0 Å². The highest BCUT2D eigenvalue weighted by molar-refractivity contribution is 5.95. The maximum atomic E-state index is 12.4. The van der Waals surface area contributed by atoms with Gasteiger partial charge in [-0.3, -0.25) is 9.69 Å². The van der Waals surface area contributed by atoms with E-state index in [2.05, 4.69) is 10.3 Å². The Morgan fingerprint density at radius 2 is 2.03 bits per heavy atom. The first-order valence-electron chi connectivity index (χ1n) is 10.7. The number of hydrogen-bond donors (Lipinski definition) is 1. The predicted octanol–water partition coefficient (Wildman–Crippen LogP) is 3.03. The number of benzene rings is 2. The minimum atomic E-state index is -0.490. The summed E-state index contributed by atoms with van der Waals surface area (Å²) >= 11 is 0. The average Bonchev–Trinajstić information content (AvgIpc) is 3.25. The zero-order valence-electron chi connectivity index (χ0n) is 18.1. The van der Waals surface area contributed by atoms with Crippen LogP contribution in [0, 0.1) is 11.3 Å². The number of rotatable bonds is 5. The summed E-state index contributed by atoms with van der Waals surface area (Å²) in [5, 5.41) is 12.7. The van der Waals surface area contributed by atoms with Crippen LogP contribution in [-0.2, 0) is 9.53 Å². The quantitative estimate of drug-likeness (QED) is 0.587. The molecule has 1 N–H and O–H groups in total. The van der Waals surface area contributed by atoms with Crippen LogP contribution in [0.2, 0.25) is 0 Å². The minimum absolute atomic E-state index is 0.169. The summed E-state index contributed by atoms with van der Waals surface area (Å²) in [7, 11) is 0. The van der Waals surface area contributed by atoms with Crippen molar-refractivity contribution in [2.75, 3.05) is 31.2 Å². The van der Waals surface area contributed by atoms with Crippen molar-refractivity contribution in [3.63, 3.8) is 0 Å². The summed E-state index contributed by atoms with van der Waals surface area (Å²) in [6.45, 7) is 1.42. The zero-order valence-corrected chi connectivity index (χ0v) is 18.1. The molecule has 2 aliphatic rings. The Labute approximate surface area is 195 Å². The SMILES string of the molecule is N#Cc1ccc2cccc(C=CC(=O)NCC3CN(c4ccc5c(c4)OCCO5)C(=O)O3)c2n1. The lowest BCUT2D eigenvalue weighted by molar-refractivity contribution is -0.116. The molecule has 3 aromatic rings. The number of carbonyl (C=O) groups is 2. The zero-order chi connectivity index (χ0) is 23.5. The fraction of sp³-hybridized carbons (Fsp3) is 0.200. The second kappa shape index (κ2) is 9.11. The topological polar surface area (TPSA) is 114 Å². The normalized spacial score (nSPS) is 17.0. The van der Waals surface area contributed by atoms with E-state index in [1.54, 1.807) is 30.3 Å². The van der Waals surface area contributed by atoms with Crippen LogP contribution >= 0.6 is 0 Å². The fourth-order valence-electron chi connectivity index (χ4n) is 3.84. The van der Waals surface area contributed by atoms with Crippen molar-refractivity contribution in [2.24, 2.45) is 0 Å². The van der Waals surface area contributed by atoms with Gasteiger partial charge in [0.2, 0.25) is 5.91 Å². The van der Waals surface area contributed by atoms with E-state index in [9.17, 15) is 9.59 Å². The van der Waals surface area contributed by atoms with E-state index in [0.29, 0.717) is 48.2 Å². The summed E-state index contributed by atoms with van der Waals surface area (Å²) in [5.41, 5.74) is 2.32. The molecule has 0 spiro atoms. The van der Waals surface area contributed by atoms with Crippen LogP contribution in [0.3, 0.4) is 0 Å². The number of nitriles is 1. The first kappa shape index (κ1) is 21.3. The second-order valence-corrected chi connectivity index (χ2v) is 7.75. The van der Waals surface area contributed by atoms with Crippen LogP contribution in [0.1, 0.15) is 11.3 Å². The average molecular weight is 456 g/mol. The Kier molecular flexibility index (Phi) is 5.70. The molecule has 9 nitrogen and oxygen atoms in total. The lowest BCUT2D eigenvalue weighted by Crippen LogP contribution is -2.33. The third-order valence-corrected chi connectivity index (χ3v) is 5.50. The number of para-hydroxylation sites is 1. The maximum absolute atomic E-state index is 12.4. The molecular formula is C25H20N4O5. The van der Waals surface area contributed by atoms with Gasteiger partial charge in [-0.1, -0.05) is 18.2 Å². The van der Waals surface area contributed by atoms with Gasteiger partial charge in [-0.15, -0.1) is 0 Å². The van der Waals surface area contributed by atoms with E-state index in [1.807, 2.05) is 30.3 Å². The Balaban J connectivity index is 1.20. The smallest absolute Gasteiger partial charge is 0.414 e. The maximum Gasteiger partial charge on any atom is 0.414 e. The molecule has 170 valence electrons. The summed E-state index contributed by atoms with van der Waals surface area (Å²) in [5.74, 6) is 0.897. The number of nitrogens with zero attached hydrogens (tertiary/aromatic N) is 3. The lowest BCUT2D eigenvalue weighted by atomic mass is 10.1. The molecule has 5 rings (SSSR count). The number of anilines is 1. The number of cyclic esters (lactones) is 1. The van der Waals surface area contributed by atoms with E-state index in [4.69, 9.17) is 19.5 Å². The van der Waals surface area contributed by atoms with E-state index in [1.165, 1.54) is 11.0 Å². The van der Waals surface area contributed by atoms with Crippen LogP contribution in [0.5, 0.6) is 11.5 Å². The summed E-state index contributed by atoms with van der Waals surface area (Å²) in [6, 6.07) is 16.4. The molecular weight excluding hydrogens is 436 g/mol. The van der Waals surface area contributed by atoms with Gasteiger partial charge >= 0.3 is 6.09 Å². The van der Waals surface area contributed by atoms with Crippen LogP contribution in [0.15, 0.2) is 54.6 Å². The van der Waals surface area contributed by atoms with Gasteiger partial charge in [0.15, 0.2) is 11.5 Å². The number of carbonyl (C=O) groups excluding carboxylic acids is 2. The van der Waals surface area contributed by atoms with Crippen molar-refractivity contribution < 1.29 is 23.8 Å². The standard InChI is InChI=1S/C25H20N4O5/c26-13-18-6-4-16-2-1-3-17(24(16)28-18)5-9-23(30)27-14-20-15-29(25(31)34-20)19-7-8-21-22(12-19)33-11-10-32-21/h1-9,12,20H,10-11,14-15H2,(H,27,30). The molecule has 0 aliphatic carbocycles. The first-order chi connectivity index (χ1) is 16.6. The van der Waals surface area contributed by atoms with Crippen LogP contribution < -0.4 is 19.7 Å². The Morgan fingerprint density at radius 3 is 2.88 bits per heavy atom. The first-order valence-corrected chi connectivity index (χ1v) is 10.7. The van der Waals surface area contributed by atoms with Crippen molar-refractivity contribution in [1.29, 1.82) is 5.26 Å². The largest absolute Gasteiger partial charge is 0.486 e. The van der Waals surface area contributed by atoms with E-state index >= 15 is 0 Å². The Bertz CT molecular complexity index is 1350. The molecule has 3 heterocycles. The molecule has 1 aromatic heterocycles. The molecule has 1 unspecified atom stereocenters. The molecule has 34 heavy (non-hydrogen) atoms. The van der Waals surface area contributed by atoms with Crippen LogP contribution in [0.25, 0.3) is 17.0 Å². The molecule has 0 saturated carbocycles. The number of pyridine rings is 1. The van der Waals surface area contributed by atoms with E-state index in [-0.39, 0.29) is 12.5 Å². The van der Waals surface area contributed by atoms with Crippen molar-refractivity contribution in [2.45, 2.75) is 6.10 Å². The number of nitrogens with one attached hydrogen (secondary N) is 1. The number of amides is 2. The van der Waals surface area contributed by atoms with E-state index < -0.39 is 12.2 Å². The molecule has 2 aromatic carbocycles. The highest BCUT2D eigenvalue weighted by atomic mass is 16.6. The van der Waals surface area contributed by atoms with Gasteiger partial charge in [0.05, 0.1) is 24.3 Å². The highest BCUT2D eigenvalue weighted by Crippen LogP contribution is 2.35. The molecule has 2 aliphatic heterocycles. The fourth-order valence-corrected chi connectivity index (χ4v) is 3.84. The Hall–Kier alpha value is -4.58. The van der Waals surface area contributed by atoms with Gasteiger partial charge in [0.1, 0.15) is 31.1 Å². The molecule has 0 bridgehead atoms. The third-order valence-electron chi connectivity index (χ3n) is 5.50. The third kappa shape index (κ3) is 4.34. The monoisotopic (exact) mass is 456 g/mol. The van der Waals surface area contributed by atoms with Crippen LogP contribution in [0.4, 0.5) is 10.5 Å².